The smallest absolute Gasteiger partial charge is 0.211 e. The van der Waals surface area contributed by atoms with E-state index in [2.05, 4.69) is 4.99 Å². The van der Waals surface area contributed by atoms with Crippen molar-refractivity contribution >= 4 is 6.08 Å². The van der Waals surface area contributed by atoms with Crippen molar-refractivity contribution in [1.82, 2.24) is 0 Å². The van der Waals surface area contributed by atoms with E-state index < -0.39 is 17.2 Å². The topological polar surface area (TPSA) is 29.4 Å². The predicted molar refractivity (Wildman–Crippen MR) is 45.4 cm³/mol. The molecule has 0 aromatic heterocycles. The van der Waals surface area contributed by atoms with Gasteiger partial charge >= 0.3 is 0 Å². The van der Waals surface area contributed by atoms with Crippen molar-refractivity contribution in [3.63, 3.8) is 0 Å². The third-order valence-electron chi connectivity index (χ3n) is 2.42. The molecule has 0 spiro atoms. The van der Waals surface area contributed by atoms with Gasteiger partial charge in [-0.2, -0.15) is 4.99 Å². The second kappa shape index (κ2) is 3.00. The number of nitrogens with zero attached hydrogens (tertiary/aromatic N) is 1. The van der Waals surface area contributed by atoms with Crippen LogP contribution >= 0.6 is 0 Å². The summed E-state index contributed by atoms with van der Waals surface area (Å²) in [6.45, 7) is 0. The number of carbonyl (C=O) groups excluding carboxylic acids is 1. The van der Waals surface area contributed by atoms with Crippen LogP contribution in [0.3, 0.4) is 0 Å². The van der Waals surface area contributed by atoms with Crippen LogP contribution in [0.1, 0.15) is 18.4 Å². The Morgan fingerprint density at radius 2 is 2.07 bits per heavy atom. The van der Waals surface area contributed by atoms with Gasteiger partial charge in [0, 0.05) is 11.6 Å². The van der Waals surface area contributed by atoms with Crippen LogP contribution in [-0.4, -0.2) is 6.08 Å². The van der Waals surface area contributed by atoms with E-state index >= 15 is 0 Å². The molecule has 1 aromatic carbocycles. The number of rotatable bonds is 2. The molecule has 0 saturated heterocycles. The Kier molecular flexibility index (Phi) is 1.93. The summed E-state index contributed by atoms with van der Waals surface area (Å²) in [6, 6.07) is 3.30. The van der Waals surface area contributed by atoms with Crippen LogP contribution in [0.2, 0.25) is 0 Å². The molecule has 0 N–H and O–H groups in total. The second-order valence-electron chi connectivity index (χ2n) is 3.36. The van der Waals surface area contributed by atoms with E-state index in [1.807, 2.05) is 0 Å². The zero-order chi connectivity index (χ0) is 10.2. The number of hydrogen-bond acceptors (Lipinski definition) is 2. The van der Waals surface area contributed by atoms with Gasteiger partial charge in [-0.3, -0.25) is 0 Å². The zero-order valence-electron chi connectivity index (χ0n) is 7.26. The Labute approximate surface area is 79.3 Å². The van der Waals surface area contributed by atoms with Crippen molar-refractivity contribution in [1.29, 1.82) is 0 Å². The molecule has 4 heteroatoms. The van der Waals surface area contributed by atoms with Crippen molar-refractivity contribution in [3.05, 3.63) is 35.4 Å². The van der Waals surface area contributed by atoms with E-state index in [0.717, 1.165) is 6.07 Å². The normalized spacial score (nSPS) is 17.3. The number of aliphatic imine (C=N–C) groups is 1. The van der Waals surface area contributed by atoms with Gasteiger partial charge in [-0.15, -0.1) is 0 Å². The first-order valence-electron chi connectivity index (χ1n) is 4.22. The van der Waals surface area contributed by atoms with Crippen molar-refractivity contribution in [2.45, 2.75) is 18.4 Å². The Balaban J connectivity index is 2.47. The van der Waals surface area contributed by atoms with Crippen molar-refractivity contribution < 1.29 is 13.6 Å². The highest BCUT2D eigenvalue weighted by Crippen LogP contribution is 2.49. The van der Waals surface area contributed by atoms with Gasteiger partial charge in [0.25, 0.3) is 0 Å². The number of hydrogen-bond donors (Lipinski definition) is 0. The minimum atomic E-state index is -0.764. The summed E-state index contributed by atoms with van der Waals surface area (Å²) in [5.41, 5.74) is -0.484. The first-order valence-corrected chi connectivity index (χ1v) is 4.22. The molecule has 1 aliphatic rings. The molecule has 0 radical (unpaired) electrons. The summed E-state index contributed by atoms with van der Waals surface area (Å²) < 4.78 is 25.9. The predicted octanol–water partition coefficient (Wildman–Crippen LogP) is 2.29. The molecule has 1 fully saturated rings. The molecular formula is C10H7F2NO. The van der Waals surface area contributed by atoms with E-state index in [9.17, 15) is 13.6 Å². The summed E-state index contributed by atoms with van der Waals surface area (Å²) in [4.78, 5) is 13.7. The van der Waals surface area contributed by atoms with E-state index in [-0.39, 0.29) is 5.56 Å². The van der Waals surface area contributed by atoms with Crippen LogP contribution in [0.25, 0.3) is 0 Å². The first-order chi connectivity index (χ1) is 6.68. The van der Waals surface area contributed by atoms with Crippen LogP contribution < -0.4 is 0 Å². The van der Waals surface area contributed by atoms with Crippen LogP contribution in [-0.2, 0) is 10.3 Å². The highest BCUT2D eigenvalue weighted by atomic mass is 19.1. The Morgan fingerprint density at radius 3 is 2.57 bits per heavy atom. The van der Waals surface area contributed by atoms with Gasteiger partial charge in [0.2, 0.25) is 6.08 Å². The maximum Gasteiger partial charge on any atom is 0.235 e. The van der Waals surface area contributed by atoms with Gasteiger partial charge in [-0.1, -0.05) is 6.07 Å². The molecular weight excluding hydrogens is 188 g/mol. The highest BCUT2D eigenvalue weighted by Gasteiger charge is 2.46. The monoisotopic (exact) mass is 195 g/mol. The SMILES string of the molecule is O=C=NC1(c2ccc(F)cc2F)CC1. The first kappa shape index (κ1) is 9.03. The van der Waals surface area contributed by atoms with Gasteiger partial charge in [-0.05, 0) is 18.9 Å². The van der Waals surface area contributed by atoms with Gasteiger partial charge in [-0.25, -0.2) is 13.6 Å². The fourth-order valence-corrected chi connectivity index (χ4v) is 1.51. The zero-order valence-corrected chi connectivity index (χ0v) is 7.26. The van der Waals surface area contributed by atoms with Crippen LogP contribution in [0.4, 0.5) is 8.78 Å². The second-order valence-corrected chi connectivity index (χ2v) is 3.36. The molecule has 0 unspecified atom stereocenters. The third-order valence-corrected chi connectivity index (χ3v) is 2.42. The van der Waals surface area contributed by atoms with Crippen molar-refractivity contribution in [3.8, 4) is 0 Å². The molecule has 2 rings (SSSR count). The molecule has 1 aromatic rings. The van der Waals surface area contributed by atoms with Gasteiger partial charge in [0.15, 0.2) is 0 Å². The molecule has 2 nitrogen and oxygen atoms in total. The summed E-state index contributed by atoms with van der Waals surface area (Å²) >= 11 is 0. The molecule has 0 bridgehead atoms. The Bertz CT molecular complexity index is 420. The Morgan fingerprint density at radius 1 is 1.36 bits per heavy atom. The fraction of sp³-hybridized carbons (Fsp3) is 0.300. The lowest BCUT2D eigenvalue weighted by Crippen LogP contribution is -2.05. The highest BCUT2D eigenvalue weighted by molar-refractivity contribution is 5.41. The summed E-state index contributed by atoms with van der Waals surface area (Å²) in [6.07, 6.45) is 2.66. The van der Waals surface area contributed by atoms with Gasteiger partial charge in [0.1, 0.15) is 17.2 Å². The minimum Gasteiger partial charge on any atom is -0.211 e. The molecule has 0 atom stereocenters. The molecule has 0 aliphatic heterocycles. The number of halogens is 2. The quantitative estimate of drug-likeness (QED) is 0.525. The largest absolute Gasteiger partial charge is 0.235 e. The molecule has 1 aliphatic carbocycles. The molecule has 72 valence electrons. The maximum atomic E-state index is 13.3. The average Bonchev–Trinajstić information content (AvgIpc) is 2.86. The van der Waals surface area contributed by atoms with Crippen LogP contribution in [0.5, 0.6) is 0 Å². The Hall–Kier alpha value is -1.54. The lowest BCUT2D eigenvalue weighted by Gasteiger charge is -2.08. The summed E-state index contributed by atoms with van der Waals surface area (Å²) in [5, 5.41) is 0. The van der Waals surface area contributed by atoms with Crippen molar-refractivity contribution in [2.24, 2.45) is 4.99 Å². The lowest BCUT2D eigenvalue weighted by atomic mass is 10.1. The van der Waals surface area contributed by atoms with Gasteiger partial charge < -0.3 is 0 Å². The molecule has 1 saturated carbocycles. The van der Waals surface area contributed by atoms with Crippen LogP contribution in [0.15, 0.2) is 23.2 Å². The third kappa shape index (κ3) is 1.34. The van der Waals surface area contributed by atoms with E-state index in [1.165, 1.54) is 18.2 Å². The molecule has 0 heterocycles. The average molecular weight is 195 g/mol. The standard InChI is InChI=1S/C10H7F2NO/c11-7-1-2-8(9(12)5-7)10(3-4-10)13-6-14/h1-2,5H,3-4H2. The minimum absolute atomic E-state index is 0.280. The van der Waals surface area contributed by atoms with E-state index in [4.69, 9.17) is 0 Å². The maximum absolute atomic E-state index is 13.3. The summed E-state index contributed by atoms with van der Waals surface area (Å²) in [7, 11) is 0. The van der Waals surface area contributed by atoms with E-state index in [0.29, 0.717) is 12.8 Å². The summed E-state index contributed by atoms with van der Waals surface area (Å²) in [5.74, 6) is -1.28. The van der Waals surface area contributed by atoms with Gasteiger partial charge in [0.05, 0.1) is 0 Å². The number of isocyanates is 1. The fourth-order valence-electron chi connectivity index (χ4n) is 1.51. The van der Waals surface area contributed by atoms with Crippen molar-refractivity contribution in [2.75, 3.05) is 0 Å². The van der Waals surface area contributed by atoms with E-state index in [1.54, 1.807) is 0 Å². The number of benzene rings is 1. The molecule has 0 amide bonds. The lowest BCUT2D eigenvalue weighted by molar-refractivity contribution is 0.540. The van der Waals surface area contributed by atoms with Crippen LogP contribution in [0, 0.1) is 11.6 Å². The molecule has 14 heavy (non-hydrogen) atoms.